The van der Waals surface area contributed by atoms with E-state index in [1.54, 1.807) is 38.1 Å². The van der Waals surface area contributed by atoms with Crippen molar-refractivity contribution in [3.8, 4) is 5.75 Å². The number of hydrogen-bond donors (Lipinski definition) is 1. The summed E-state index contributed by atoms with van der Waals surface area (Å²) in [5.74, 6) is -1.55. The van der Waals surface area contributed by atoms with E-state index >= 15 is 0 Å². The Kier molecular flexibility index (Phi) is 6.09. The van der Waals surface area contributed by atoms with E-state index in [1.165, 1.54) is 16.7 Å². The molecule has 2 saturated heterocycles. The topological polar surface area (TPSA) is 98.8 Å². The van der Waals surface area contributed by atoms with Crippen molar-refractivity contribution < 1.29 is 53.8 Å². The Labute approximate surface area is 171 Å². The van der Waals surface area contributed by atoms with Crippen molar-refractivity contribution in [2.45, 2.75) is 36.1 Å². The van der Waals surface area contributed by atoms with Crippen LogP contribution in [0.4, 0.5) is 0 Å². The summed E-state index contributed by atoms with van der Waals surface area (Å²) in [4.78, 5) is 36.8. The number of carbonyl (C=O) groups is 3. The maximum atomic E-state index is 12.2. The number of amides is 2. The minimum Gasteiger partial charge on any atom is -0.548 e. The second kappa shape index (κ2) is 7.57. The Morgan fingerprint density at radius 1 is 1.32 bits per heavy atom. The molecule has 3 atom stereocenters. The number of carboxylic acids is 1. The Balaban J connectivity index is 0.00000225. The maximum Gasteiger partial charge on any atom is 1.00 e. The van der Waals surface area contributed by atoms with Gasteiger partial charge >= 0.3 is 29.6 Å². The second-order valence-corrected chi connectivity index (χ2v) is 8.00. The number of para-hydroxylation sites is 1. The molecule has 9 heteroatoms. The van der Waals surface area contributed by atoms with Gasteiger partial charge in [-0.15, -0.1) is 11.8 Å². The zero-order chi connectivity index (χ0) is 17.5. The average molecular weight is 372 g/mol. The van der Waals surface area contributed by atoms with Crippen molar-refractivity contribution in [2.75, 3.05) is 6.61 Å². The molecule has 128 valence electrons. The summed E-state index contributed by atoms with van der Waals surface area (Å²) in [5, 5.41) is 13.5. The number of β-lactam (4-membered cyclic amide) rings is 1. The molecule has 2 fully saturated rings. The summed E-state index contributed by atoms with van der Waals surface area (Å²) in [6.45, 7) is 3.29. The van der Waals surface area contributed by atoms with Crippen molar-refractivity contribution >= 4 is 29.5 Å². The van der Waals surface area contributed by atoms with E-state index in [0.29, 0.717) is 5.75 Å². The maximum absolute atomic E-state index is 12.2. The van der Waals surface area contributed by atoms with E-state index in [1.807, 2.05) is 6.07 Å². The number of hydrogen-bond acceptors (Lipinski definition) is 6. The third-order valence-electron chi connectivity index (χ3n) is 4.09. The molecule has 1 aromatic carbocycles. The van der Waals surface area contributed by atoms with Gasteiger partial charge in [0.15, 0.2) is 6.61 Å². The Hall–Kier alpha value is -1.22. The predicted octanol–water partition coefficient (Wildman–Crippen LogP) is -3.63. The van der Waals surface area contributed by atoms with Crippen molar-refractivity contribution in [3.63, 3.8) is 0 Å². The summed E-state index contributed by atoms with van der Waals surface area (Å²) in [7, 11) is 0. The van der Waals surface area contributed by atoms with Crippen molar-refractivity contribution in [1.82, 2.24) is 10.2 Å². The van der Waals surface area contributed by atoms with E-state index in [4.69, 9.17) is 4.74 Å². The van der Waals surface area contributed by atoms with Gasteiger partial charge in [0.2, 0.25) is 5.91 Å². The first-order chi connectivity index (χ1) is 11.3. The Morgan fingerprint density at radius 3 is 2.56 bits per heavy atom. The normalized spacial score (nSPS) is 26.1. The number of ether oxygens (including phenoxy) is 1. The standard InChI is InChI=1S/C16H18N2O5S.Na/c1-16(2)12(15(21)22)18-13(20)11(14(18)24-16)17-10(19)8-23-9-6-4-3-5-7-9;/h3-7,11-12,14H,8H2,1-2H3,(H,17,19)(H,21,22);/q;+1/p-1. The molecule has 0 aliphatic carbocycles. The average Bonchev–Trinajstić information content (AvgIpc) is 2.80. The number of thioether (sulfide) groups is 1. The van der Waals surface area contributed by atoms with Crippen LogP contribution in [0.15, 0.2) is 30.3 Å². The molecule has 1 N–H and O–H groups in total. The van der Waals surface area contributed by atoms with Crippen molar-refractivity contribution in [3.05, 3.63) is 30.3 Å². The van der Waals surface area contributed by atoms with Gasteiger partial charge in [-0.05, 0) is 26.0 Å². The fraction of sp³-hybridized carbons (Fsp3) is 0.438. The van der Waals surface area contributed by atoms with E-state index in [2.05, 4.69) is 5.32 Å². The van der Waals surface area contributed by atoms with Crippen LogP contribution in [0.5, 0.6) is 5.75 Å². The van der Waals surface area contributed by atoms with Crippen LogP contribution in [0, 0.1) is 0 Å². The summed E-state index contributed by atoms with van der Waals surface area (Å²) >= 11 is 1.35. The van der Waals surface area contributed by atoms with Crippen LogP contribution in [-0.4, -0.2) is 51.5 Å². The molecule has 0 radical (unpaired) electrons. The summed E-state index contributed by atoms with van der Waals surface area (Å²) in [5.41, 5.74) is 0. The molecule has 2 aliphatic rings. The summed E-state index contributed by atoms with van der Waals surface area (Å²) in [6, 6.07) is 7.14. The fourth-order valence-corrected chi connectivity index (χ4v) is 4.63. The van der Waals surface area contributed by atoms with Gasteiger partial charge in [0.25, 0.3) is 5.91 Å². The fourth-order valence-electron chi connectivity index (χ4n) is 3.01. The Bertz CT molecular complexity index is 684. The van der Waals surface area contributed by atoms with Crippen LogP contribution >= 0.6 is 11.8 Å². The number of nitrogens with one attached hydrogen (secondary N) is 1. The molecule has 7 nitrogen and oxygen atoms in total. The number of aliphatic carboxylic acids is 1. The molecule has 0 saturated carbocycles. The number of carbonyl (C=O) groups excluding carboxylic acids is 3. The molecule has 0 spiro atoms. The van der Waals surface area contributed by atoms with Gasteiger partial charge in [-0.1, -0.05) is 18.2 Å². The van der Waals surface area contributed by atoms with Crippen molar-refractivity contribution in [2.24, 2.45) is 0 Å². The predicted molar refractivity (Wildman–Crippen MR) is 85.0 cm³/mol. The number of fused-ring (bicyclic) bond motifs is 1. The van der Waals surface area contributed by atoms with Gasteiger partial charge in [-0.3, -0.25) is 9.59 Å². The molecule has 3 unspecified atom stereocenters. The third kappa shape index (κ3) is 3.81. The SMILES string of the molecule is CC1(C)SC2C(NC(=O)COc3ccccc3)C(=O)N2C1C(=O)[O-].[Na+]. The number of carboxylic acid groups (broad SMARTS) is 1. The molecule has 0 bridgehead atoms. The summed E-state index contributed by atoms with van der Waals surface area (Å²) in [6.07, 6.45) is 0. The third-order valence-corrected chi connectivity index (χ3v) is 5.67. The second-order valence-electron chi connectivity index (χ2n) is 6.23. The Morgan fingerprint density at radius 2 is 1.96 bits per heavy atom. The zero-order valence-electron chi connectivity index (χ0n) is 14.2. The molecular formula is C16H17N2NaO5S. The van der Waals surface area contributed by atoms with Gasteiger partial charge < -0.3 is 24.9 Å². The van der Waals surface area contributed by atoms with Crippen LogP contribution in [-0.2, 0) is 14.4 Å². The molecule has 25 heavy (non-hydrogen) atoms. The van der Waals surface area contributed by atoms with Gasteiger partial charge in [0, 0.05) is 4.75 Å². The molecule has 2 amide bonds. The first kappa shape index (κ1) is 20.1. The molecule has 2 aliphatic heterocycles. The van der Waals surface area contributed by atoms with Crippen molar-refractivity contribution in [1.29, 1.82) is 0 Å². The zero-order valence-corrected chi connectivity index (χ0v) is 17.0. The molecule has 1 aromatic rings. The van der Waals surface area contributed by atoms with Crippen LogP contribution in [0.25, 0.3) is 0 Å². The first-order valence-electron chi connectivity index (χ1n) is 7.49. The van der Waals surface area contributed by atoms with Crippen LogP contribution in [0.3, 0.4) is 0 Å². The van der Waals surface area contributed by atoms with Gasteiger partial charge in [-0.2, -0.15) is 0 Å². The van der Waals surface area contributed by atoms with Crippen LogP contribution in [0.1, 0.15) is 13.8 Å². The van der Waals surface area contributed by atoms with E-state index in [-0.39, 0.29) is 36.2 Å². The van der Waals surface area contributed by atoms with E-state index in [0.717, 1.165) is 0 Å². The van der Waals surface area contributed by atoms with Crippen LogP contribution in [0.2, 0.25) is 0 Å². The van der Waals surface area contributed by atoms with Gasteiger partial charge in [0.05, 0.1) is 12.0 Å². The summed E-state index contributed by atoms with van der Waals surface area (Å²) < 4.78 is 4.67. The number of nitrogens with zero attached hydrogens (tertiary/aromatic N) is 1. The largest absolute Gasteiger partial charge is 1.00 e. The molecule has 0 aromatic heterocycles. The van der Waals surface area contributed by atoms with Crippen LogP contribution < -0.4 is 44.7 Å². The number of rotatable bonds is 5. The number of benzene rings is 1. The quantitative estimate of drug-likeness (QED) is 0.423. The minimum absolute atomic E-state index is 0. The molecular weight excluding hydrogens is 355 g/mol. The monoisotopic (exact) mass is 372 g/mol. The van der Waals surface area contributed by atoms with E-state index in [9.17, 15) is 19.5 Å². The van der Waals surface area contributed by atoms with E-state index < -0.39 is 40.0 Å². The van der Waals surface area contributed by atoms with Gasteiger partial charge in [-0.25, -0.2) is 0 Å². The first-order valence-corrected chi connectivity index (χ1v) is 8.37. The van der Waals surface area contributed by atoms with Gasteiger partial charge in [0.1, 0.15) is 17.2 Å². The molecule has 2 heterocycles. The molecule has 3 rings (SSSR count). The smallest absolute Gasteiger partial charge is 0.548 e. The minimum atomic E-state index is -1.28.